The Morgan fingerprint density at radius 2 is 1.96 bits per heavy atom. The first-order valence-electron chi connectivity index (χ1n) is 7.85. The topological polar surface area (TPSA) is 81.9 Å². The summed E-state index contributed by atoms with van der Waals surface area (Å²) in [6.45, 7) is 2.19. The fourth-order valence-corrected chi connectivity index (χ4v) is 2.82. The lowest BCUT2D eigenvalue weighted by Gasteiger charge is -2.29. The van der Waals surface area contributed by atoms with Crippen molar-refractivity contribution in [3.8, 4) is 11.5 Å². The van der Waals surface area contributed by atoms with Crippen LogP contribution >= 0.6 is 0 Å². The van der Waals surface area contributed by atoms with E-state index in [0.29, 0.717) is 23.7 Å². The number of nitrogens with zero attached hydrogens (tertiary/aromatic N) is 2. The highest BCUT2D eigenvalue weighted by molar-refractivity contribution is 5.98. The molecule has 0 spiro atoms. The summed E-state index contributed by atoms with van der Waals surface area (Å²) >= 11 is 0. The second-order valence-electron chi connectivity index (χ2n) is 5.91. The summed E-state index contributed by atoms with van der Waals surface area (Å²) in [6, 6.07) is 12.0. The number of nitro groups is 1. The predicted octanol–water partition coefficient (Wildman–Crippen LogP) is 2.82. The van der Waals surface area contributed by atoms with Gasteiger partial charge in [-0.3, -0.25) is 14.9 Å². The molecule has 7 heteroatoms. The molecule has 2 aromatic carbocycles. The van der Waals surface area contributed by atoms with E-state index in [1.165, 1.54) is 11.0 Å². The Bertz CT molecular complexity index is 821. The van der Waals surface area contributed by atoms with Crippen LogP contribution in [0.15, 0.2) is 42.5 Å². The molecule has 7 nitrogen and oxygen atoms in total. The zero-order chi connectivity index (χ0) is 18.0. The maximum Gasteiger partial charge on any atom is 0.285 e. The molecule has 0 radical (unpaired) electrons. The van der Waals surface area contributed by atoms with E-state index in [1.807, 2.05) is 18.2 Å². The van der Waals surface area contributed by atoms with Crippen molar-refractivity contribution < 1.29 is 19.2 Å². The number of fused-ring (bicyclic) bond motifs is 1. The minimum atomic E-state index is -0.521. The van der Waals surface area contributed by atoms with Gasteiger partial charge in [-0.05, 0) is 25.1 Å². The molecular formula is C18H18N2O5. The molecule has 0 N–H and O–H groups in total. The number of amides is 1. The van der Waals surface area contributed by atoms with Crippen molar-refractivity contribution in [2.45, 2.75) is 13.0 Å². The molecule has 0 aromatic heterocycles. The maximum absolute atomic E-state index is 12.7. The van der Waals surface area contributed by atoms with Crippen molar-refractivity contribution in [1.29, 1.82) is 0 Å². The number of ether oxygens (including phenoxy) is 2. The SMILES string of the molecule is Cc1cccc(C(=O)N(C)CC2COc3ccccc3O2)c1[N+](=O)[O-]. The molecule has 1 atom stereocenters. The summed E-state index contributed by atoms with van der Waals surface area (Å²) in [5.41, 5.74) is 0.366. The van der Waals surface area contributed by atoms with Crippen LogP contribution in [0.1, 0.15) is 15.9 Å². The predicted molar refractivity (Wildman–Crippen MR) is 91.1 cm³/mol. The number of hydrogen-bond acceptors (Lipinski definition) is 5. The Hall–Kier alpha value is -3.09. The van der Waals surface area contributed by atoms with Crippen LogP contribution < -0.4 is 9.47 Å². The Morgan fingerprint density at radius 3 is 2.68 bits per heavy atom. The molecule has 3 rings (SSSR count). The summed E-state index contributed by atoms with van der Waals surface area (Å²) in [5.74, 6) is 0.876. The van der Waals surface area contributed by atoms with Gasteiger partial charge in [0.15, 0.2) is 17.6 Å². The number of likely N-dealkylation sites (N-methyl/N-ethyl adjacent to an activating group) is 1. The van der Waals surface area contributed by atoms with Crippen LogP contribution in [0, 0.1) is 17.0 Å². The van der Waals surface area contributed by atoms with E-state index < -0.39 is 10.8 Å². The van der Waals surface area contributed by atoms with E-state index in [2.05, 4.69) is 0 Å². The van der Waals surface area contributed by atoms with Gasteiger partial charge in [-0.1, -0.05) is 24.3 Å². The molecule has 25 heavy (non-hydrogen) atoms. The van der Waals surface area contributed by atoms with Gasteiger partial charge in [0.2, 0.25) is 0 Å². The van der Waals surface area contributed by atoms with Gasteiger partial charge in [0.1, 0.15) is 12.2 Å². The standard InChI is InChI=1S/C18H18N2O5/c1-12-6-5-7-14(17(12)20(22)23)18(21)19(2)10-13-11-24-15-8-3-4-9-16(15)25-13/h3-9,13H,10-11H2,1-2H3. The quantitative estimate of drug-likeness (QED) is 0.630. The van der Waals surface area contributed by atoms with Crippen molar-refractivity contribution in [1.82, 2.24) is 4.90 Å². The monoisotopic (exact) mass is 342 g/mol. The summed E-state index contributed by atoms with van der Waals surface area (Å²) in [5, 5.41) is 11.3. The third-order valence-electron chi connectivity index (χ3n) is 4.04. The van der Waals surface area contributed by atoms with Crippen molar-refractivity contribution in [2.75, 3.05) is 20.2 Å². The minimum absolute atomic E-state index is 0.0737. The van der Waals surface area contributed by atoms with Gasteiger partial charge in [0.25, 0.3) is 11.6 Å². The van der Waals surface area contributed by atoms with E-state index in [9.17, 15) is 14.9 Å². The summed E-state index contributed by atoms with van der Waals surface area (Å²) in [4.78, 5) is 24.9. The molecule has 1 aliphatic heterocycles. The Balaban J connectivity index is 1.74. The second kappa shape index (κ2) is 6.80. The van der Waals surface area contributed by atoms with Gasteiger partial charge >= 0.3 is 0 Å². The number of rotatable bonds is 4. The van der Waals surface area contributed by atoms with Crippen molar-refractivity contribution in [2.24, 2.45) is 0 Å². The van der Waals surface area contributed by atoms with Crippen LogP contribution in [0.3, 0.4) is 0 Å². The number of carbonyl (C=O) groups is 1. The normalized spacial score (nSPS) is 15.5. The number of carbonyl (C=O) groups excluding carboxylic acids is 1. The number of benzene rings is 2. The zero-order valence-corrected chi connectivity index (χ0v) is 14.0. The average molecular weight is 342 g/mol. The fourth-order valence-electron chi connectivity index (χ4n) is 2.82. The van der Waals surface area contributed by atoms with Crippen molar-refractivity contribution in [3.63, 3.8) is 0 Å². The minimum Gasteiger partial charge on any atom is -0.486 e. The molecule has 0 aliphatic carbocycles. The molecule has 1 heterocycles. The van der Waals surface area contributed by atoms with Gasteiger partial charge in [-0.15, -0.1) is 0 Å². The van der Waals surface area contributed by atoms with E-state index in [1.54, 1.807) is 32.2 Å². The molecule has 0 fully saturated rings. The molecule has 0 saturated carbocycles. The maximum atomic E-state index is 12.7. The van der Waals surface area contributed by atoms with Gasteiger partial charge in [-0.25, -0.2) is 0 Å². The molecule has 1 unspecified atom stereocenters. The first-order chi connectivity index (χ1) is 12.0. The lowest BCUT2D eigenvalue weighted by atomic mass is 10.1. The lowest BCUT2D eigenvalue weighted by molar-refractivity contribution is -0.385. The van der Waals surface area contributed by atoms with Crippen LogP contribution in [-0.4, -0.2) is 42.0 Å². The third-order valence-corrected chi connectivity index (χ3v) is 4.04. The van der Waals surface area contributed by atoms with Gasteiger partial charge in [0, 0.05) is 12.6 Å². The Kier molecular flexibility index (Phi) is 4.56. The van der Waals surface area contributed by atoms with Crippen LogP contribution in [0.4, 0.5) is 5.69 Å². The summed E-state index contributed by atoms with van der Waals surface area (Å²) in [7, 11) is 1.60. The fraction of sp³-hybridized carbons (Fsp3) is 0.278. The molecule has 1 amide bonds. The van der Waals surface area contributed by atoms with Crippen LogP contribution in [0.2, 0.25) is 0 Å². The van der Waals surface area contributed by atoms with E-state index in [4.69, 9.17) is 9.47 Å². The molecule has 1 aliphatic rings. The number of nitro benzene ring substituents is 1. The van der Waals surface area contributed by atoms with Gasteiger partial charge in [-0.2, -0.15) is 0 Å². The molecule has 0 bridgehead atoms. The van der Waals surface area contributed by atoms with Crippen LogP contribution in [-0.2, 0) is 0 Å². The second-order valence-corrected chi connectivity index (χ2v) is 5.91. The molecule has 2 aromatic rings. The number of hydrogen-bond donors (Lipinski definition) is 0. The molecule has 0 saturated heterocycles. The Labute approximate surface area is 144 Å². The largest absolute Gasteiger partial charge is 0.486 e. The van der Waals surface area contributed by atoms with Crippen molar-refractivity contribution in [3.05, 3.63) is 63.7 Å². The first-order valence-corrected chi connectivity index (χ1v) is 7.85. The first kappa shape index (κ1) is 16.8. The van der Waals surface area contributed by atoms with E-state index in [-0.39, 0.29) is 23.9 Å². The van der Waals surface area contributed by atoms with Crippen molar-refractivity contribution >= 4 is 11.6 Å². The third kappa shape index (κ3) is 3.40. The summed E-state index contributed by atoms with van der Waals surface area (Å²) < 4.78 is 11.5. The molecular weight excluding hydrogens is 324 g/mol. The van der Waals surface area contributed by atoms with Gasteiger partial charge < -0.3 is 14.4 Å². The van der Waals surface area contributed by atoms with E-state index >= 15 is 0 Å². The highest BCUT2D eigenvalue weighted by Crippen LogP contribution is 2.31. The molecule has 130 valence electrons. The lowest BCUT2D eigenvalue weighted by Crippen LogP contribution is -2.42. The van der Waals surface area contributed by atoms with Crippen LogP contribution in [0.5, 0.6) is 11.5 Å². The zero-order valence-electron chi connectivity index (χ0n) is 14.0. The van der Waals surface area contributed by atoms with Crippen LogP contribution in [0.25, 0.3) is 0 Å². The van der Waals surface area contributed by atoms with E-state index in [0.717, 1.165) is 0 Å². The smallest absolute Gasteiger partial charge is 0.285 e. The summed E-state index contributed by atoms with van der Waals surface area (Å²) in [6.07, 6.45) is -0.340. The number of para-hydroxylation sites is 3. The highest BCUT2D eigenvalue weighted by atomic mass is 16.6. The van der Waals surface area contributed by atoms with Gasteiger partial charge in [0.05, 0.1) is 11.5 Å². The highest BCUT2D eigenvalue weighted by Gasteiger charge is 2.28. The Morgan fingerprint density at radius 1 is 1.24 bits per heavy atom. The average Bonchev–Trinajstić information content (AvgIpc) is 2.60. The number of aryl methyl sites for hydroxylation is 1.